The Balaban J connectivity index is 2.77. The summed E-state index contributed by atoms with van der Waals surface area (Å²) in [5.74, 6) is -1.39. The monoisotopic (exact) mass is 303 g/mol. The molecule has 1 aromatic carbocycles. The topological polar surface area (TPSA) is 78.5 Å². The number of ketones is 1. The van der Waals surface area contributed by atoms with E-state index in [1.54, 1.807) is 14.1 Å². The first-order valence-corrected chi connectivity index (χ1v) is 6.82. The zero-order valence-electron chi connectivity index (χ0n) is 13.1. The SMILES string of the molecule is C=C(CNC(=O)C(C)=O)NC(C(=O)N(C)C)c1ccccc1. The third-order valence-corrected chi connectivity index (χ3v) is 2.95. The zero-order chi connectivity index (χ0) is 16.7. The number of rotatable bonds is 7. The fraction of sp³-hybridized carbons (Fsp3) is 0.312. The molecule has 118 valence electrons. The third-order valence-electron chi connectivity index (χ3n) is 2.95. The van der Waals surface area contributed by atoms with Gasteiger partial charge in [-0.2, -0.15) is 0 Å². The van der Waals surface area contributed by atoms with Crippen LogP contribution in [0.3, 0.4) is 0 Å². The molecule has 0 aromatic heterocycles. The highest BCUT2D eigenvalue weighted by molar-refractivity contribution is 6.35. The number of nitrogens with one attached hydrogen (secondary N) is 2. The van der Waals surface area contributed by atoms with Crippen molar-refractivity contribution in [2.45, 2.75) is 13.0 Å². The number of hydrogen-bond acceptors (Lipinski definition) is 4. The summed E-state index contributed by atoms with van der Waals surface area (Å²) in [5, 5.41) is 5.43. The van der Waals surface area contributed by atoms with E-state index in [4.69, 9.17) is 0 Å². The minimum Gasteiger partial charge on any atom is -0.372 e. The highest BCUT2D eigenvalue weighted by atomic mass is 16.2. The summed E-state index contributed by atoms with van der Waals surface area (Å²) in [7, 11) is 3.33. The minimum absolute atomic E-state index is 0.0719. The van der Waals surface area contributed by atoms with Crippen molar-refractivity contribution in [2.75, 3.05) is 20.6 Å². The molecule has 0 aliphatic carbocycles. The smallest absolute Gasteiger partial charge is 0.287 e. The van der Waals surface area contributed by atoms with E-state index < -0.39 is 17.7 Å². The standard InChI is InChI=1S/C16H21N3O3/c1-11(10-17-15(21)12(2)20)18-14(16(22)19(3)4)13-8-6-5-7-9-13/h5-9,14,18H,1,10H2,2-4H3,(H,17,21). The van der Waals surface area contributed by atoms with E-state index in [1.807, 2.05) is 30.3 Å². The number of hydrogen-bond donors (Lipinski definition) is 2. The van der Waals surface area contributed by atoms with Crippen molar-refractivity contribution in [1.29, 1.82) is 0 Å². The number of Topliss-reactive ketones (excluding diaryl/α,β-unsaturated/α-hetero) is 1. The van der Waals surface area contributed by atoms with Crippen LogP contribution in [0.4, 0.5) is 0 Å². The Morgan fingerprint density at radius 1 is 1.18 bits per heavy atom. The Hall–Kier alpha value is -2.63. The van der Waals surface area contributed by atoms with Crippen LogP contribution in [0.1, 0.15) is 18.5 Å². The predicted octanol–water partition coefficient (Wildman–Crippen LogP) is 0.624. The molecule has 1 aromatic rings. The van der Waals surface area contributed by atoms with Crippen molar-refractivity contribution < 1.29 is 14.4 Å². The molecule has 0 saturated carbocycles. The van der Waals surface area contributed by atoms with Crippen LogP contribution >= 0.6 is 0 Å². The van der Waals surface area contributed by atoms with Gasteiger partial charge in [-0.25, -0.2) is 0 Å². The second-order valence-corrected chi connectivity index (χ2v) is 5.06. The van der Waals surface area contributed by atoms with E-state index in [1.165, 1.54) is 11.8 Å². The Kier molecular flexibility index (Phi) is 6.31. The first kappa shape index (κ1) is 17.4. The molecule has 0 spiro atoms. The van der Waals surface area contributed by atoms with Crippen molar-refractivity contribution in [3.63, 3.8) is 0 Å². The summed E-state index contributed by atoms with van der Waals surface area (Å²) in [5.41, 5.74) is 1.24. The van der Waals surface area contributed by atoms with Crippen LogP contribution in [0.25, 0.3) is 0 Å². The molecule has 0 fully saturated rings. The second kappa shape index (κ2) is 7.97. The first-order chi connectivity index (χ1) is 10.3. The lowest BCUT2D eigenvalue weighted by molar-refractivity contribution is -0.136. The zero-order valence-corrected chi connectivity index (χ0v) is 13.1. The summed E-state index contributed by atoms with van der Waals surface area (Å²) in [4.78, 5) is 35.9. The largest absolute Gasteiger partial charge is 0.372 e. The van der Waals surface area contributed by atoms with Gasteiger partial charge in [0.25, 0.3) is 5.91 Å². The van der Waals surface area contributed by atoms with Crippen molar-refractivity contribution in [3.8, 4) is 0 Å². The lowest BCUT2D eigenvalue weighted by Gasteiger charge is -2.24. The van der Waals surface area contributed by atoms with Gasteiger partial charge in [0.05, 0.1) is 6.54 Å². The lowest BCUT2D eigenvalue weighted by atomic mass is 10.1. The fourth-order valence-electron chi connectivity index (χ4n) is 1.76. The van der Waals surface area contributed by atoms with Gasteiger partial charge in [-0.1, -0.05) is 36.9 Å². The van der Waals surface area contributed by atoms with E-state index >= 15 is 0 Å². The number of amides is 2. The van der Waals surface area contributed by atoms with E-state index in [-0.39, 0.29) is 12.5 Å². The summed E-state index contributed by atoms with van der Waals surface area (Å²) < 4.78 is 0. The number of carbonyl (C=O) groups excluding carboxylic acids is 3. The number of nitrogens with zero attached hydrogens (tertiary/aromatic N) is 1. The molecule has 0 saturated heterocycles. The molecule has 1 unspecified atom stereocenters. The average molecular weight is 303 g/mol. The molecule has 1 rings (SSSR count). The Morgan fingerprint density at radius 3 is 2.27 bits per heavy atom. The van der Waals surface area contributed by atoms with Gasteiger partial charge in [0.15, 0.2) is 0 Å². The van der Waals surface area contributed by atoms with Crippen LogP contribution in [-0.4, -0.2) is 43.1 Å². The van der Waals surface area contributed by atoms with Crippen molar-refractivity contribution in [3.05, 3.63) is 48.2 Å². The molecular weight excluding hydrogens is 282 g/mol. The van der Waals surface area contributed by atoms with Gasteiger partial charge in [-0.3, -0.25) is 14.4 Å². The molecule has 0 aliphatic heterocycles. The van der Waals surface area contributed by atoms with Crippen LogP contribution in [0.5, 0.6) is 0 Å². The van der Waals surface area contributed by atoms with Crippen molar-refractivity contribution >= 4 is 17.6 Å². The van der Waals surface area contributed by atoms with Gasteiger partial charge in [0, 0.05) is 26.7 Å². The van der Waals surface area contributed by atoms with Crippen LogP contribution in [-0.2, 0) is 14.4 Å². The van der Waals surface area contributed by atoms with Crippen LogP contribution in [0, 0.1) is 0 Å². The van der Waals surface area contributed by atoms with E-state index in [0.717, 1.165) is 5.56 Å². The van der Waals surface area contributed by atoms with Crippen LogP contribution in [0.15, 0.2) is 42.6 Å². The molecule has 0 radical (unpaired) electrons. The lowest BCUT2D eigenvalue weighted by Crippen LogP contribution is -2.39. The first-order valence-electron chi connectivity index (χ1n) is 6.82. The summed E-state index contributed by atoms with van der Waals surface area (Å²) in [6.07, 6.45) is 0. The van der Waals surface area contributed by atoms with Crippen molar-refractivity contribution in [1.82, 2.24) is 15.5 Å². The van der Waals surface area contributed by atoms with E-state index in [9.17, 15) is 14.4 Å². The number of likely N-dealkylation sites (N-methyl/N-ethyl adjacent to an activating group) is 1. The molecule has 6 heteroatoms. The average Bonchev–Trinajstić information content (AvgIpc) is 2.50. The molecular formula is C16H21N3O3. The van der Waals surface area contributed by atoms with Gasteiger partial charge < -0.3 is 15.5 Å². The maximum Gasteiger partial charge on any atom is 0.287 e. The number of carbonyl (C=O) groups is 3. The van der Waals surface area contributed by atoms with Crippen LogP contribution < -0.4 is 10.6 Å². The molecule has 2 N–H and O–H groups in total. The molecule has 6 nitrogen and oxygen atoms in total. The maximum absolute atomic E-state index is 12.3. The third kappa shape index (κ3) is 5.05. The number of benzene rings is 1. The second-order valence-electron chi connectivity index (χ2n) is 5.06. The van der Waals surface area contributed by atoms with Gasteiger partial charge in [0.1, 0.15) is 6.04 Å². The summed E-state index contributed by atoms with van der Waals surface area (Å²) in [6.45, 7) is 5.05. The molecule has 2 amide bonds. The molecule has 0 bridgehead atoms. The highest BCUT2D eigenvalue weighted by Gasteiger charge is 2.22. The maximum atomic E-state index is 12.3. The van der Waals surface area contributed by atoms with E-state index in [2.05, 4.69) is 17.2 Å². The quantitative estimate of drug-likeness (QED) is 0.724. The van der Waals surface area contributed by atoms with Gasteiger partial charge in [-0.05, 0) is 5.56 Å². The molecule has 22 heavy (non-hydrogen) atoms. The van der Waals surface area contributed by atoms with Gasteiger partial charge >= 0.3 is 0 Å². The van der Waals surface area contributed by atoms with E-state index in [0.29, 0.717) is 5.70 Å². The Bertz CT molecular complexity index is 567. The molecule has 0 aliphatic rings. The molecule has 1 atom stereocenters. The van der Waals surface area contributed by atoms with Gasteiger partial charge in [-0.15, -0.1) is 0 Å². The van der Waals surface area contributed by atoms with Gasteiger partial charge in [0.2, 0.25) is 11.7 Å². The Labute approximate surface area is 130 Å². The minimum atomic E-state index is -0.682. The summed E-state index contributed by atoms with van der Waals surface area (Å²) in [6, 6.07) is 8.61. The van der Waals surface area contributed by atoms with Crippen LogP contribution in [0.2, 0.25) is 0 Å². The normalized spacial score (nSPS) is 11.2. The van der Waals surface area contributed by atoms with Crippen molar-refractivity contribution in [2.24, 2.45) is 0 Å². The Morgan fingerprint density at radius 2 is 1.77 bits per heavy atom. The highest BCUT2D eigenvalue weighted by Crippen LogP contribution is 2.15. The fourth-order valence-corrected chi connectivity index (χ4v) is 1.76. The predicted molar refractivity (Wildman–Crippen MR) is 83.8 cm³/mol. The summed E-state index contributed by atoms with van der Waals surface area (Å²) >= 11 is 0. The molecule has 0 heterocycles.